The van der Waals surface area contributed by atoms with Gasteiger partial charge in [-0.15, -0.1) is 0 Å². The van der Waals surface area contributed by atoms with Crippen LogP contribution in [0.1, 0.15) is 57.9 Å². The van der Waals surface area contributed by atoms with Gasteiger partial charge in [-0.05, 0) is 57.0 Å². The number of nitrogens with zero attached hydrogens (tertiary/aromatic N) is 1. The Morgan fingerprint density at radius 3 is 2.07 bits per heavy atom. The molecule has 3 rings (SSSR count). The second-order valence-corrected chi connectivity index (χ2v) is 9.02. The largest absolute Gasteiger partial charge is 0.466 e. The molecule has 1 fully saturated rings. The fourth-order valence-corrected chi connectivity index (χ4v) is 4.84. The average molecular weight is 420 g/mol. The van der Waals surface area contributed by atoms with E-state index in [1.807, 2.05) is 0 Å². The van der Waals surface area contributed by atoms with Gasteiger partial charge < -0.3 is 4.42 Å². The molecule has 1 aromatic carbocycles. The number of hydrogen-bond donors (Lipinski definition) is 2. The molecule has 0 bridgehead atoms. The zero-order valence-electron chi connectivity index (χ0n) is 16.5. The van der Waals surface area contributed by atoms with E-state index in [0.29, 0.717) is 30.2 Å². The number of furan rings is 1. The first-order valence-electron chi connectivity index (χ1n) is 9.57. The van der Waals surface area contributed by atoms with Crippen LogP contribution < -0.4 is 10.9 Å². The molecule has 8 nitrogen and oxygen atoms in total. The Balaban J connectivity index is 1.64. The van der Waals surface area contributed by atoms with Crippen molar-refractivity contribution in [1.29, 1.82) is 0 Å². The van der Waals surface area contributed by atoms with Crippen LogP contribution in [0.4, 0.5) is 0 Å². The number of carbonyl (C=O) groups excluding carboxylic acids is 2. The van der Waals surface area contributed by atoms with Crippen molar-refractivity contribution in [3.8, 4) is 0 Å². The quantitative estimate of drug-likeness (QED) is 0.741. The summed E-state index contributed by atoms with van der Waals surface area (Å²) in [6.45, 7) is 4.42. The molecule has 29 heavy (non-hydrogen) atoms. The maximum atomic E-state index is 12.8. The van der Waals surface area contributed by atoms with Gasteiger partial charge in [0.15, 0.2) is 0 Å². The predicted molar refractivity (Wildman–Crippen MR) is 107 cm³/mol. The summed E-state index contributed by atoms with van der Waals surface area (Å²) in [7, 11) is -3.57. The van der Waals surface area contributed by atoms with E-state index in [1.54, 1.807) is 19.9 Å². The highest BCUT2D eigenvalue weighted by Gasteiger charge is 2.25. The average Bonchev–Trinajstić information content (AvgIpc) is 2.90. The molecule has 9 heteroatoms. The molecule has 2 aromatic rings. The first-order chi connectivity index (χ1) is 13.8. The monoisotopic (exact) mass is 419 g/mol. The summed E-state index contributed by atoms with van der Waals surface area (Å²) < 4.78 is 32.4. The van der Waals surface area contributed by atoms with Crippen molar-refractivity contribution in [2.75, 3.05) is 13.1 Å². The van der Waals surface area contributed by atoms with Crippen LogP contribution in [0, 0.1) is 13.8 Å². The van der Waals surface area contributed by atoms with E-state index >= 15 is 0 Å². The summed E-state index contributed by atoms with van der Waals surface area (Å²) in [5.74, 6) is 0.0144. The third-order valence-electron chi connectivity index (χ3n) is 4.89. The number of aryl methyl sites for hydroxylation is 2. The lowest BCUT2D eigenvalue weighted by Gasteiger charge is -2.20. The van der Waals surface area contributed by atoms with Gasteiger partial charge in [0.2, 0.25) is 10.0 Å². The van der Waals surface area contributed by atoms with Gasteiger partial charge >= 0.3 is 0 Å². The summed E-state index contributed by atoms with van der Waals surface area (Å²) in [6.07, 6.45) is 3.79. The van der Waals surface area contributed by atoms with Crippen LogP contribution in [-0.2, 0) is 10.0 Å². The van der Waals surface area contributed by atoms with E-state index in [4.69, 9.17) is 4.42 Å². The number of rotatable bonds is 4. The summed E-state index contributed by atoms with van der Waals surface area (Å²) in [5.41, 5.74) is 5.22. The Morgan fingerprint density at radius 1 is 0.931 bits per heavy atom. The van der Waals surface area contributed by atoms with E-state index < -0.39 is 21.8 Å². The number of sulfonamides is 1. The molecule has 0 unspecified atom stereocenters. The molecule has 156 valence electrons. The minimum absolute atomic E-state index is 0.157. The fraction of sp³-hybridized carbons (Fsp3) is 0.400. The van der Waals surface area contributed by atoms with E-state index in [2.05, 4.69) is 10.9 Å². The summed E-state index contributed by atoms with van der Waals surface area (Å²) >= 11 is 0. The minimum atomic E-state index is -3.57. The Labute approximate surface area is 170 Å². The lowest BCUT2D eigenvalue weighted by molar-refractivity contribution is 0.0845. The van der Waals surface area contributed by atoms with Crippen molar-refractivity contribution < 1.29 is 22.4 Å². The van der Waals surface area contributed by atoms with Gasteiger partial charge in [-0.1, -0.05) is 12.8 Å². The number of hydrazine groups is 1. The van der Waals surface area contributed by atoms with Crippen molar-refractivity contribution in [2.45, 2.75) is 44.4 Å². The van der Waals surface area contributed by atoms with Crippen molar-refractivity contribution in [1.82, 2.24) is 15.2 Å². The Bertz CT molecular complexity index is 988. The number of benzene rings is 1. The van der Waals surface area contributed by atoms with Gasteiger partial charge in [0.05, 0.1) is 10.5 Å². The van der Waals surface area contributed by atoms with Gasteiger partial charge in [-0.3, -0.25) is 20.4 Å². The summed E-state index contributed by atoms with van der Waals surface area (Å²) in [6, 6.07) is 7.28. The molecule has 0 aliphatic carbocycles. The highest BCUT2D eigenvalue weighted by molar-refractivity contribution is 7.89. The zero-order chi connectivity index (χ0) is 21.0. The van der Waals surface area contributed by atoms with E-state index in [0.717, 1.165) is 25.7 Å². The van der Waals surface area contributed by atoms with Crippen molar-refractivity contribution in [3.05, 3.63) is 53.0 Å². The van der Waals surface area contributed by atoms with Gasteiger partial charge in [-0.2, -0.15) is 4.31 Å². The maximum Gasteiger partial charge on any atom is 0.273 e. The van der Waals surface area contributed by atoms with Crippen LogP contribution >= 0.6 is 0 Å². The number of amides is 2. The van der Waals surface area contributed by atoms with Gasteiger partial charge in [0.25, 0.3) is 11.8 Å². The molecule has 0 radical (unpaired) electrons. The molecule has 0 atom stereocenters. The van der Waals surface area contributed by atoms with Crippen LogP contribution in [-0.4, -0.2) is 37.6 Å². The van der Waals surface area contributed by atoms with Crippen molar-refractivity contribution >= 4 is 21.8 Å². The van der Waals surface area contributed by atoms with Crippen LogP contribution in [0.3, 0.4) is 0 Å². The maximum absolute atomic E-state index is 12.8. The van der Waals surface area contributed by atoms with Crippen molar-refractivity contribution in [3.63, 3.8) is 0 Å². The first kappa shape index (κ1) is 21.1. The lowest BCUT2D eigenvalue weighted by Crippen LogP contribution is -2.41. The van der Waals surface area contributed by atoms with Gasteiger partial charge in [0, 0.05) is 18.7 Å². The molecular weight excluding hydrogens is 394 g/mol. The normalized spacial score (nSPS) is 15.5. The molecular formula is C20H25N3O5S. The molecule has 1 aliphatic rings. The molecule has 1 aliphatic heterocycles. The SMILES string of the molecule is Cc1cc(C(=O)NNC(=O)c2ccc(S(=O)(=O)N3CCCCCC3)cc2)c(C)o1. The first-order valence-corrected chi connectivity index (χ1v) is 11.0. The molecule has 1 aromatic heterocycles. The zero-order valence-corrected chi connectivity index (χ0v) is 17.3. The highest BCUT2D eigenvalue weighted by Crippen LogP contribution is 2.20. The van der Waals surface area contributed by atoms with Gasteiger partial charge in [0.1, 0.15) is 11.5 Å². The molecule has 2 heterocycles. The topological polar surface area (TPSA) is 109 Å². The van der Waals surface area contributed by atoms with E-state index in [9.17, 15) is 18.0 Å². The number of carbonyl (C=O) groups is 2. The summed E-state index contributed by atoms with van der Waals surface area (Å²) in [5, 5.41) is 0. The van der Waals surface area contributed by atoms with E-state index in [-0.39, 0.29) is 10.5 Å². The molecule has 0 spiro atoms. The molecule has 2 amide bonds. The van der Waals surface area contributed by atoms with E-state index in [1.165, 1.54) is 28.6 Å². The Hall–Kier alpha value is -2.65. The van der Waals surface area contributed by atoms with Gasteiger partial charge in [-0.25, -0.2) is 8.42 Å². The van der Waals surface area contributed by atoms with Crippen molar-refractivity contribution in [2.24, 2.45) is 0 Å². The number of hydrogen-bond acceptors (Lipinski definition) is 5. The summed E-state index contributed by atoms with van der Waals surface area (Å²) in [4.78, 5) is 24.6. The minimum Gasteiger partial charge on any atom is -0.466 e. The molecule has 2 N–H and O–H groups in total. The number of nitrogens with one attached hydrogen (secondary N) is 2. The van der Waals surface area contributed by atoms with Crippen LogP contribution in [0.2, 0.25) is 0 Å². The second-order valence-electron chi connectivity index (χ2n) is 7.08. The second kappa shape index (κ2) is 8.79. The predicted octanol–water partition coefficient (Wildman–Crippen LogP) is 2.54. The van der Waals surface area contributed by atoms with Crippen LogP contribution in [0.15, 0.2) is 39.6 Å². The molecule has 1 saturated heterocycles. The Morgan fingerprint density at radius 2 is 1.52 bits per heavy atom. The van der Waals surface area contributed by atoms with Crippen LogP contribution in [0.5, 0.6) is 0 Å². The highest BCUT2D eigenvalue weighted by atomic mass is 32.2. The standard InChI is InChI=1S/C20H25N3O5S/c1-14-13-18(15(2)28-14)20(25)22-21-19(24)16-7-9-17(10-8-16)29(26,27)23-11-5-3-4-6-12-23/h7-10,13H,3-6,11-12H2,1-2H3,(H,21,24)(H,22,25). The fourth-order valence-electron chi connectivity index (χ4n) is 3.32. The molecule has 0 saturated carbocycles. The van der Waals surface area contributed by atoms with Crippen LogP contribution in [0.25, 0.3) is 0 Å². The third kappa shape index (κ3) is 4.86. The smallest absolute Gasteiger partial charge is 0.273 e. The Kier molecular flexibility index (Phi) is 6.39. The lowest BCUT2D eigenvalue weighted by atomic mass is 10.2. The third-order valence-corrected chi connectivity index (χ3v) is 6.81.